The van der Waals surface area contributed by atoms with Crippen LogP contribution in [0.5, 0.6) is 5.75 Å². The van der Waals surface area contributed by atoms with Gasteiger partial charge in [0.2, 0.25) is 0 Å². The van der Waals surface area contributed by atoms with Crippen LogP contribution in [0.2, 0.25) is 0 Å². The van der Waals surface area contributed by atoms with Crippen molar-refractivity contribution in [3.63, 3.8) is 0 Å². The van der Waals surface area contributed by atoms with Crippen molar-refractivity contribution in [1.82, 2.24) is 0 Å². The summed E-state index contributed by atoms with van der Waals surface area (Å²) in [6.07, 6.45) is 2.59. The monoisotopic (exact) mass is 237 g/mol. The third kappa shape index (κ3) is 3.47. The molecule has 86 valence electrons. The van der Waals surface area contributed by atoms with E-state index in [9.17, 15) is 0 Å². The number of nitrogens with two attached hydrogens (primary N) is 1. The van der Waals surface area contributed by atoms with Crippen LogP contribution < -0.4 is 10.5 Å². The highest BCUT2D eigenvalue weighted by Crippen LogP contribution is 2.28. The standard InChI is InChI=1S/C12H15NO2S/c13-12(16)10-3-5-11(6-4-10)15-8-14-7-9-1-2-9/h3-6,9H,1-2,7-8H2,(H2,13,16). The lowest BCUT2D eigenvalue weighted by Crippen LogP contribution is -2.09. The minimum Gasteiger partial charge on any atom is -0.468 e. The Hall–Kier alpha value is -1.13. The summed E-state index contributed by atoms with van der Waals surface area (Å²) in [5.74, 6) is 1.54. The summed E-state index contributed by atoms with van der Waals surface area (Å²) >= 11 is 4.86. The summed E-state index contributed by atoms with van der Waals surface area (Å²) < 4.78 is 10.8. The van der Waals surface area contributed by atoms with Gasteiger partial charge in [-0.15, -0.1) is 0 Å². The maximum absolute atomic E-state index is 5.49. The van der Waals surface area contributed by atoms with E-state index in [1.165, 1.54) is 12.8 Å². The lowest BCUT2D eigenvalue weighted by molar-refractivity contribution is 0.00998. The molecule has 0 aliphatic heterocycles. The Labute approximate surface area is 101 Å². The minimum absolute atomic E-state index is 0.308. The summed E-state index contributed by atoms with van der Waals surface area (Å²) in [5.41, 5.74) is 6.34. The van der Waals surface area contributed by atoms with Crippen LogP contribution in [0.15, 0.2) is 24.3 Å². The first kappa shape index (κ1) is 11.4. The lowest BCUT2D eigenvalue weighted by atomic mass is 10.2. The van der Waals surface area contributed by atoms with Gasteiger partial charge < -0.3 is 15.2 Å². The Kier molecular flexibility index (Phi) is 3.74. The van der Waals surface area contributed by atoms with Crippen molar-refractivity contribution in [3.8, 4) is 5.75 Å². The van der Waals surface area contributed by atoms with E-state index < -0.39 is 0 Å². The molecule has 1 aliphatic rings. The molecule has 1 saturated carbocycles. The van der Waals surface area contributed by atoms with Gasteiger partial charge in [0.15, 0.2) is 6.79 Å². The first-order valence-corrected chi connectivity index (χ1v) is 5.77. The molecule has 4 heteroatoms. The van der Waals surface area contributed by atoms with Crippen molar-refractivity contribution in [1.29, 1.82) is 0 Å². The third-order valence-corrected chi connectivity index (χ3v) is 2.73. The molecule has 0 aromatic heterocycles. The van der Waals surface area contributed by atoms with E-state index in [4.69, 9.17) is 27.4 Å². The Balaban J connectivity index is 1.73. The third-order valence-electron chi connectivity index (χ3n) is 2.50. The molecule has 0 atom stereocenters. The zero-order valence-electron chi connectivity index (χ0n) is 9.02. The predicted octanol–water partition coefficient (Wildman–Crippen LogP) is 2.08. The number of hydrogen-bond donors (Lipinski definition) is 1. The maximum atomic E-state index is 5.49. The molecule has 0 radical (unpaired) electrons. The van der Waals surface area contributed by atoms with Gasteiger partial charge in [0.25, 0.3) is 0 Å². The first-order valence-electron chi connectivity index (χ1n) is 5.36. The Bertz CT molecular complexity index is 360. The molecule has 0 unspecified atom stereocenters. The average molecular weight is 237 g/mol. The van der Waals surface area contributed by atoms with Gasteiger partial charge >= 0.3 is 0 Å². The van der Waals surface area contributed by atoms with Crippen LogP contribution in [-0.4, -0.2) is 18.4 Å². The summed E-state index contributed by atoms with van der Waals surface area (Å²) in [4.78, 5) is 0.400. The molecule has 2 N–H and O–H groups in total. The van der Waals surface area contributed by atoms with Gasteiger partial charge in [0.05, 0.1) is 6.61 Å². The van der Waals surface area contributed by atoms with Crippen molar-refractivity contribution in [2.75, 3.05) is 13.4 Å². The lowest BCUT2D eigenvalue weighted by Gasteiger charge is -2.07. The van der Waals surface area contributed by atoms with Crippen LogP contribution in [-0.2, 0) is 4.74 Å². The van der Waals surface area contributed by atoms with Crippen LogP contribution in [0.25, 0.3) is 0 Å². The Morgan fingerprint density at radius 3 is 2.56 bits per heavy atom. The summed E-state index contributed by atoms with van der Waals surface area (Å²) in [6, 6.07) is 7.38. The fourth-order valence-electron chi connectivity index (χ4n) is 1.32. The van der Waals surface area contributed by atoms with E-state index in [0.29, 0.717) is 11.8 Å². The number of benzene rings is 1. The normalized spacial score (nSPS) is 14.8. The van der Waals surface area contributed by atoms with Crippen LogP contribution in [0.1, 0.15) is 18.4 Å². The molecule has 0 bridgehead atoms. The first-order chi connectivity index (χ1) is 7.75. The molecule has 0 spiro atoms. The van der Waals surface area contributed by atoms with Crippen molar-refractivity contribution in [3.05, 3.63) is 29.8 Å². The van der Waals surface area contributed by atoms with Crippen molar-refractivity contribution in [2.24, 2.45) is 11.7 Å². The maximum Gasteiger partial charge on any atom is 0.189 e. The number of rotatable bonds is 6. The summed E-state index contributed by atoms with van der Waals surface area (Å²) in [6.45, 7) is 1.12. The average Bonchev–Trinajstić information content (AvgIpc) is 3.09. The fourth-order valence-corrected chi connectivity index (χ4v) is 1.46. The molecule has 0 heterocycles. The van der Waals surface area contributed by atoms with Crippen LogP contribution in [0.4, 0.5) is 0 Å². The van der Waals surface area contributed by atoms with Crippen LogP contribution in [0, 0.1) is 5.92 Å². The Morgan fingerprint density at radius 2 is 2.00 bits per heavy atom. The van der Waals surface area contributed by atoms with Gasteiger partial charge in [-0.3, -0.25) is 0 Å². The molecule has 3 nitrogen and oxygen atoms in total. The zero-order chi connectivity index (χ0) is 11.4. The van der Waals surface area contributed by atoms with Gasteiger partial charge in [0, 0.05) is 5.56 Å². The molecule has 16 heavy (non-hydrogen) atoms. The van der Waals surface area contributed by atoms with E-state index in [2.05, 4.69) is 0 Å². The molecule has 1 aromatic rings. The second kappa shape index (κ2) is 5.27. The summed E-state index contributed by atoms with van der Waals surface area (Å²) in [7, 11) is 0. The van der Waals surface area contributed by atoms with Gasteiger partial charge in [-0.05, 0) is 43.0 Å². The molecular formula is C12H15NO2S. The minimum atomic E-state index is 0.308. The van der Waals surface area contributed by atoms with E-state index in [1.54, 1.807) is 0 Å². The van der Waals surface area contributed by atoms with Crippen LogP contribution in [0.3, 0.4) is 0 Å². The second-order valence-corrected chi connectivity index (χ2v) is 4.40. The van der Waals surface area contributed by atoms with E-state index >= 15 is 0 Å². The smallest absolute Gasteiger partial charge is 0.189 e. The number of ether oxygens (including phenoxy) is 2. The highest BCUT2D eigenvalue weighted by atomic mass is 32.1. The molecule has 1 aromatic carbocycles. The zero-order valence-corrected chi connectivity index (χ0v) is 9.83. The number of hydrogen-bond acceptors (Lipinski definition) is 3. The summed E-state index contributed by atoms with van der Waals surface area (Å²) in [5, 5.41) is 0. The van der Waals surface area contributed by atoms with Crippen molar-refractivity contribution in [2.45, 2.75) is 12.8 Å². The highest BCUT2D eigenvalue weighted by Gasteiger charge is 2.20. The quantitative estimate of drug-likeness (QED) is 0.467. The SMILES string of the molecule is NC(=S)c1ccc(OCOCC2CC2)cc1. The molecular weight excluding hydrogens is 222 g/mol. The van der Waals surface area contributed by atoms with Crippen molar-refractivity contribution >= 4 is 17.2 Å². The Morgan fingerprint density at radius 1 is 1.31 bits per heavy atom. The van der Waals surface area contributed by atoms with E-state index in [1.807, 2.05) is 24.3 Å². The molecule has 2 rings (SSSR count). The highest BCUT2D eigenvalue weighted by molar-refractivity contribution is 7.80. The second-order valence-electron chi connectivity index (χ2n) is 3.96. The largest absolute Gasteiger partial charge is 0.468 e. The molecule has 0 amide bonds. The van der Waals surface area contributed by atoms with Gasteiger partial charge in [-0.25, -0.2) is 0 Å². The van der Waals surface area contributed by atoms with E-state index in [0.717, 1.165) is 23.8 Å². The van der Waals surface area contributed by atoms with Gasteiger partial charge in [-0.2, -0.15) is 0 Å². The fraction of sp³-hybridized carbons (Fsp3) is 0.417. The van der Waals surface area contributed by atoms with Crippen LogP contribution >= 0.6 is 12.2 Å². The molecule has 1 fully saturated rings. The van der Waals surface area contributed by atoms with E-state index in [-0.39, 0.29) is 0 Å². The number of thiocarbonyl (C=S) groups is 1. The van der Waals surface area contributed by atoms with Gasteiger partial charge in [-0.1, -0.05) is 12.2 Å². The molecule has 0 saturated heterocycles. The topological polar surface area (TPSA) is 44.5 Å². The van der Waals surface area contributed by atoms with Gasteiger partial charge in [0.1, 0.15) is 10.7 Å². The van der Waals surface area contributed by atoms with Crippen molar-refractivity contribution < 1.29 is 9.47 Å². The molecule has 1 aliphatic carbocycles. The predicted molar refractivity (Wildman–Crippen MR) is 66.5 cm³/mol.